The van der Waals surface area contributed by atoms with Crippen molar-refractivity contribution in [2.75, 3.05) is 21.2 Å². The van der Waals surface area contributed by atoms with Crippen molar-refractivity contribution in [2.45, 2.75) is 25.6 Å². The number of aryl methyl sites for hydroxylation is 1. The van der Waals surface area contributed by atoms with Gasteiger partial charge in [0.15, 0.2) is 5.78 Å². The van der Waals surface area contributed by atoms with Crippen LogP contribution in [0.2, 0.25) is 0 Å². The summed E-state index contributed by atoms with van der Waals surface area (Å²) in [6.07, 6.45) is -5.44. The minimum atomic E-state index is -4.86. The van der Waals surface area contributed by atoms with Gasteiger partial charge in [-0.1, -0.05) is 49.0 Å². The summed E-state index contributed by atoms with van der Waals surface area (Å²) in [5, 5.41) is 12.6. The van der Waals surface area contributed by atoms with Crippen molar-refractivity contribution in [2.24, 2.45) is 0 Å². The van der Waals surface area contributed by atoms with Gasteiger partial charge in [0.2, 0.25) is 0 Å². The monoisotopic (exact) mass is 628 g/mol. The number of aliphatic hydroxyl groups excluding tert-OH is 1. The van der Waals surface area contributed by atoms with E-state index in [2.05, 4.69) is 11.6 Å². The predicted molar refractivity (Wildman–Crippen MR) is 169 cm³/mol. The number of ketones is 1. The Morgan fingerprint density at radius 2 is 1.63 bits per heavy atom. The van der Waals surface area contributed by atoms with Gasteiger partial charge in [0.25, 0.3) is 5.91 Å². The number of carbonyl (C=O) groups excluding carboxylic acids is 2. The first kappa shape index (κ1) is 32.2. The number of aromatic nitrogens is 1. The van der Waals surface area contributed by atoms with Gasteiger partial charge in [-0.25, -0.2) is 0 Å². The highest BCUT2D eigenvalue weighted by Gasteiger charge is 2.37. The van der Waals surface area contributed by atoms with Crippen LogP contribution < -0.4 is 9.47 Å². The van der Waals surface area contributed by atoms with Crippen molar-refractivity contribution in [1.82, 2.24) is 9.88 Å². The zero-order valence-corrected chi connectivity index (χ0v) is 25.6. The number of hydrogen-bond donors (Lipinski definition) is 1. The molecule has 1 unspecified atom stereocenters. The topological polar surface area (TPSA) is 89.0 Å². The number of nitrogens with zero attached hydrogens (tertiary/aromatic N) is 2. The van der Waals surface area contributed by atoms with Crippen molar-refractivity contribution >= 4 is 33.4 Å². The number of halogens is 3. The summed E-state index contributed by atoms with van der Waals surface area (Å²) >= 11 is 0. The van der Waals surface area contributed by atoms with E-state index in [1.807, 2.05) is 19.1 Å². The van der Waals surface area contributed by atoms with Crippen molar-refractivity contribution in [1.29, 1.82) is 0 Å². The number of Topliss-reactive ketones (excluding diaryl/α,β-unsaturated/α-hetero) is 1. The van der Waals surface area contributed by atoms with E-state index in [0.29, 0.717) is 33.6 Å². The lowest BCUT2D eigenvalue weighted by molar-refractivity contribution is -0.139. The summed E-state index contributed by atoms with van der Waals surface area (Å²) in [5.41, 5.74) is -0.0297. The van der Waals surface area contributed by atoms with Crippen LogP contribution in [-0.2, 0) is 17.4 Å². The third-order valence-electron chi connectivity index (χ3n) is 7.71. The molecule has 0 spiro atoms. The molecular weight excluding hydrogens is 597 g/mol. The van der Waals surface area contributed by atoms with E-state index in [9.17, 15) is 27.9 Å². The fourth-order valence-electron chi connectivity index (χ4n) is 5.36. The van der Waals surface area contributed by atoms with E-state index in [-0.39, 0.29) is 12.0 Å². The van der Waals surface area contributed by atoms with Crippen LogP contribution in [0, 0.1) is 6.92 Å². The van der Waals surface area contributed by atoms with Gasteiger partial charge >= 0.3 is 6.18 Å². The van der Waals surface area contributed by atoms with Gasteiger partial charge in [-0.3, -0.25) is 14.6 Å². The van der Waals surface area contributed by atoms with Gasteiger partial charge in [-0.2, -0.15) is 13.2 Å². The number of ether oxygens (including phenoxy) is 2. The normalized spacial score (nSPS) is 12.2. The van der Waals surface area contributed by atoms with Crippen LogP contribution in [-0.4, -0.2) is 47.9 Å². The van der Waals surface area contributed by atoms with Crippen LogP contribution in [0.1, 0.15) is 38.7 Å². The van der Waals surface area contributed by atoms with E-state index >= 15 is 0 Å². The number of hydrogen-bond acceptors (Lipinski definition) is 6. The second kappa shape index (κ2) is 12.6. The Labute approximate surface area is 263 Å². The van der Waals surface area contributed by atoms with Crippen LogP contribution in [0.3, 0.4) is 0 Å². The highest BCUT2D eigenvalue weighted by Crippen LogP contribution is 2.39. The standard InChI is InChI=1S/C36H31F3N2O5/c1-20-16-29-27(19-33(20)45-5)32(14-15-40-29)46-31-11-7-8-23-24(9-6-10-25(23)31)30(42)18-22-12-13-26(28(17-22)36(37,38)39)34(43)21(2)35(44)41(3)4/h6-17,19,34,43H,2,18H2,1,3-5H3. The largest absolute Gasteiger partial charge is 0.496 e. The molecule has 0 aliphatic carbocycles. The van der Waals surface area contributed by atoms with Crippen molar-refractivity contribution in [3.05, 3.63) is 119 Å². The number of alkyl halides is 3. The van der Waals surface area contributed by atoms with Gasteiger partial charge in [-0.05, 0) is 59.3 Å². The molecule has 10 heteroatoms. The number of rotatable bonds is 9. The number of methoxy groups -OCH3 is 1. The molecule has 1 heterocycles. The molecule has 236 valence electrons. The number of carbonyl (C=O) groups is 2. The lowest BCUT2D eigenvalue weighted by Crippen LogP contribution is -2.27. The number of benzene rings is 4. The summed E-state index contributed by atoms with van der Waals surface area (Å²) in [6.45, 7) is 5.41. The molecule has 0 aliphatic heterocycles. The Morgan fingerprint density at radius 1 is 0.935 bits per heavy atom. The summed E-state index contributed by atoms with van der Waals surface area (Å²) < 4.78 is 54.2. The molecule has 0 saturated carbocycles. The molecule has 5 aromatic rings. The molecule has 5 rings (SSSR count). The first-order valence-corrected chi connectivity index (χ1v) is 14.2. The van der Waals surface area contributed by atoms with Gasteiger partial charge in [0.1, 0.15) is 23.4 Å². The Kier molecular flexibility index (Phi) is 8.85. The number of pyridine rings is 1. The molecule has 1 aromatic heterocycles. The van der Waals surface area contributed by atoms with E-state index in [0.717, 1.165) is 33.5 Å². The van der Waals surface area contributed by atoms with E-state index in [4.69, 9.17) is 9.47 Å². The highest BCUT2D eigenvalue weighted by molar-refractivity contribution is 6.10. The van der Waals surface area contributed by atoms with Gasteiger partial charge in [0.05, 0.1) is 18.2 Å². The zero-order chi connectivity index (χ0) is 33.3. The molecule has 0 saturated heterocycles. The van der Waals surface area contributed by atoms with Crippen molar-refractivity contribution < 1.29 is 37.3 Å². The van der Waals surface area contributed by atoms with Crippen LogP contribution in [0.5, 0.6) is 17.2 Å². The maximum Gasteiger partial charge on any atom is 0.416 e. The average molecular weight is 629 g/mol. The number of aliphatic hydroxyl groups is 1. The number of fused-ring (bicyclic) bond motifs is 2. The summed E-state index contributed by atoms with van der Waals surface area (Å²) in [4.78, 5) is 31.4. The van der Waals surface area contributed by atoms with Gasteiger partial charge < -0.3 is 19.5 Å². The summed E-state index contributed by atoms with van der Waals surface area (Å²) in [5.74, 6) is 0.574. The second-order valence-electron chi connectivity index (χ2n) is 11.1. The Balaban J connectivity index is 1.47. The molecular formula is C36H31F3N2O5. The van der Waals surface area contributed by atoms with Crippen LogP contribution >= 0.6 is 0 Å². The van der Waals surface area contributed by atoms with Gasteiger partial charge in [0, 0.05) is 48.6 Å². The fraction of sp³-hybridized carbons (Fsp3) is 0.194. The molecule has 1 N–H and O–H groups in total. The fourth-order valence-corrected chi connectivity index (χ4v) is 5.36. The first-order valence-electron chi connectivity index (χ1n) is 14.2. The molecule has 0 bridgehead atoms. The van der Waals surface area contributed by atoms with E-state index < -0.39 is 40.7 Å². The lowest BCUT2D eigenvalue weighted by Gasteiger charge is -2.21. The third kappa shape index (κ3) is 6.29. The molecule has 0 aliphatic rings. The molecule has 1 atom stereocenters. The molecule has 0 radical (unpaired) electrons. The maximum atomic E-state index is 14.1. The average Bonchev–Trinajstić information content (AvgIpc) is 3.02. The minimum absolute atomic E-state index is 0.0923. The van der Waals surface area contributed by atoms with E-state index in [1.165, 1.54) is 20.2 Å². The van der Waals surface area contributed by atoms with Crippen molar-refractivity contribution in [3.8, 4) is 17.2 Å². The molecule has 46 heavy (non-hydrogen) atoms. The molecule has 0 fully saturated rings. The molecule has 7 nitrogen and oxygen atoms in total. The Bertz CT molecular complexity index is 2000. The second-order valence-corrected chi connectivity index (χ2v) is 11.1. The minimum Gasteiger partial charge on any atom is -0.496 e. The first-order chi connectivity index (χ1) is 21.8. The smallest absolute Gasteiger partial charge is 0.416 e. The number of amides is 1. The third-order valence-corrected chi connectivity index (χ3v) is 7.71. The molecule has 4 aromatic carbocycles. The summed E-state index contributed by atoms with van der Waals surface area (Å²) in [6, 6.07) is 19.1. The van der Waals surface area contributed by atoms with Crippen LogP contribution in [0.4, 0.5) is 13.2 Å². The SMILES string of the molecule is C=C(C(=O)N(C)C)C(O)c1ccc(CC(=O)c2cccc3c(Oc4ccnc5cc(C)c(OC)cc45)cccc23)cc1C(F)(F)F. The Morgan fingerprint density at radius 3 is 2.33 bits per heavy atom. The van der Waals surface area contributed by atoms with Crippen LogP contribution in [0.25, 0.3) is 21.7 Å². The Hall–Kier alpha value is -5.22. The van der Waals surface area contributed by atoms with Gasteiger partial charge in [-0.15, -0.1) is 0 Å². The molecule has 1 amide bonds. The maximum absolute atomic E-state index is 14.1. The lowest BCUT2D eigenvalue weighted by atomic mass is 9.92. The predicted octanol–water partition coefficient (Wildman–Crippen LogP) is 7.62. The van der Waals surface area contributed by atoms with Crippen LogP contribution in [0.15, 0.2) is 91.1 Å². The zero-order valence-electron chi connectivity index (χ0n) is 25.6. The van der Waals surface area contributed by atoms with Crippen molar-refractivity contribution in [3.63, 3.8) is 0 Å². The number of likely N-dealkylation sites (N-methyl/N-ethyl adjacent to an activating group) is 1. The quantitative estimate of drug-likeness (QED) is 0.134. The van der Waals surface area contributed by atoms with E-state index in [1.54, 1.807) is 55.8 Å². The highest BCUT2D eigenvalue weighted by atomic mass is 19.4. The summed E-state index contributed by atoms with van der Waals surface area (Å²) in [7, 11) is 4.39.